The molecule has 2 aliphatic heterocycles. The summed E-state index contributed by atoms with van der Waals surface area (Å²) in [7, 11) is 0. The van der Waals surface area contributed by atoms with Crippen LogP contribution in [0.1, 0.15) is 34.3 Å². The number of fused-ring (bicyclic) bond motifs is 2. The molecular formula is C22H22N2O5. The molecule has 1 spiro atoms. The van der Waals surface area contributed by atoms with Gasteiger partial charge in [0.05, 0.1) is 5.56 Å². The van der Waals surface area contributed by atoms with E-state index in [1.54, 1.807) is 11.0 Å². The van der Waals surface area contributed by atoms with Gasteiger partial charge < -0.3 is 19.7 Å². The maximum atomic E-state index is 12.4. The zero-order chi connectivity index (χ0) is 20.3. The molecule has 0 atom stereocenters. The van der Waals surface area contributed by atoms with Crippen LogP contribution in [0.25, 0.3) is 0 Å². The molecule has 0 saturated carbocycles. The Bertz CT molecular complexity index is 920. The molecule has 0 unspecified atom stereocenters. The second-order valence-electron chi connectivity index (χ2n) is 7.23. The minimum Gasteiger partial charge on any atom is -0.450 e. The van der Waals surface area contributed by atoms with Crippen molar-refractivity contribution in [2.75, 3.05) is 19.6 Å². The molecule has 2 aromatic rings. The average molecular weight is 394 g/mol. The van der Waals surface area contributed by atoms with Gasteiger partial charge in [-0.2, -0.15) is 0 Å². The van der Waals surface area contributed by atoms with Crippen molar-refractivity contribution in [1.29, 1.82) is 0 Å². The number of hydrogen-bond acceptors (Lipinski definition) is 5. The fraction of sp³-hybridized carbons (Fsp3) is 0.318. The van der Waals surface area contributed by atoms with Gasteiger partial charge in [0.25, 0.3) is 0 Å². The van der Waals surface area contributed by atoms with Crippen molar-refractivity contribution >= 4 is 18.0 Å². The average Bonchev–Trinajstić information content (AvgIpc) is 3.03. The van der Waals surface area contributed by atoms with Crippen LogP contribution in [0.15, 0.2) is 54.6 Å². The van der Waals surface area contributed by atoms with Crippen LogP contribution in [0.5, 0.6) is 0 Å². The molecule has 29 heavy (non-hydrogen) atoms. The number of rotatable bonds is 4. The number of carbonyl (C=O) groups is 3. The minimum absolute atomic E-state index is 0.128. The fourth-order valence-corrected chi connectivity index (χ4v) is 3.87. The number of nitrogens with one attached hydrogen (secondary N) is 1. The molecule has 2 aromatic carbocycles. The van der Waals surface area contributed by atoms with Gasteiger partial charge in [-0.05, 0) is 11.6 Å². The summed E-state index contributed by atoms with van der Waals surface area (Å²) in [6, 6.07) is 16.7. The molecule has 0 bridgehead atoms. The summed E-state index contributed by atoms with van der Waals surface area (Å²) in [4.78, 5) is 38.1. The zero-order valence-electron chi connectivity index (χ0n) is 15.9. The Hall–Kier alpha value is -3.35. The summed E-state index contributed by atoms with van der Waals surface area (Å²) in [6.45, 7) is 0.942. The first-order chi connectivity index (χ1) is 14.1. The third kappa shape index (κ3) is 3.94. The molecular weight excluding hydrogens is 372 g/mol. The number of benzene rings is 2. The first-order valence-corrected chi connectivity index (χ1v) is 9.63. The van der Waals surface area contributed by atoms with Crippen molar-refractivity contribution in [3.8, 4) is 0 Å². The highest BCUT2D eigenvalue weighted by atomic mass is 16.6. The van der Waals surface area contributed by atoms with Gasteiger partial charge in [-0.1, -0.05) is 48.5 Å². The molecule has 0 aliphatic carbocycles. The van der Waals surface area contributed by atoms with E-state index in [0.29, 0.717) is 31.5 Å². The van der Waals surface area contributed by atoms with E-state index in [9.17, 15) is 14.4 Å². The van der Waals surface area contributed by atoms with Crippen LogP contribution in [0.2, 0.25) is 0 Å². The predicted octanol–water partition coefficient (Wildman–Crippen LogP) is 2.60. The van der Waals surface area contributed by atoms with E-state index in [4.69, 9.17) is 9.47 Å². The van der Waals surface area contributed by atoms with Crippen LogP contribution in [-0.2, 0) is 26.5 Å². The summed E-state index contributed by atoms with van der Waals surface area (Å²) in [5.41, 5.74) is 1.74. The molecule has 4 rings (SSSR count). The maximum absolute atomic E-state index is 12.4. The molecule has 1 N–H and O–H groups in total. The largest absolute Gasteiger partial charge is 0.450 e. The molecule has 150 valence electrons. The Morgan fingerprint density at radius 1 is 1.03 bits per heavy atom. The van der Waals surface area contributed by atoms with Crippen molar-refractivity contribution in [2.45, 2.75) is 25.0 Å². The van der Waals surface area contributed by atoms with Crippen LogP contribution in [0.3, 0.4) is 0 Å². The third-order valence-corrected chi connectivity index (χ3v) is 5.45. The number of alkyl carbamates (subject to hydrolysis) is 1. The Morgan fingerprint density at radius 3 is 2.48 bits per heavy atom. The molecule has 2 amide bonds. The summed E-state index contributed by atoms with van der Waals surface area (Å²) >= 11 is 0. The smallest absolute Gasteiger partial charge is 0.407 e. The second-order valence-corrected chi connectivity index (χ2v) is 7.23. The van der Waals surface area contributed by atoms with E-state index < -0.39 is 11.7 Å². The zero-order valence-corrected chi connectivity index (χ0v) is 15.9. The summed E-state index contributed by atoms with van der Waals surface area (Å²) in [5.74, 6) is -0.489. The van der Waals surface area contributed by atoms with Gasteiger partial charge >= 0.3 is 12.1 Å². The van der Waals surface area contributed by atoms with Gasteiger partial charge in [0.1, 0.15) is 18.8 Å². The number of piperidine rings is 1. The summed E-state index contributed by atoms with van der Waals surface area (Å²) < 4.78 is 10.8. The quantitative estimate of drug-likeness (QED) is 0.806. The van der Waals surface area contributed by atoms with E-state index in [0.717, 1.165) is 11.1 Å². The monoisotopic (exact) mass is 394 g/mol. The van der Waals surface area contributed by atoms with Crippen LogP contribution in [0, 0.1) is 0 Å². The standard InChI is InChI=1S/C22H22N2O5/c25-19(14-23-21(27)28-15-16-6-2-1-3-7-16)24-12-10-22(11-13-24)18-9-5-4-8-17(18)20(26)29-22/h1-9H,10-15H2,(H,23,27). The van der Waals surface area contributed by atoms with Gasteiger partial charge in [-0.25, -0.2) is 9.59 Å². The topological polar surface area (TPSA) is 84.9 Å². The minimum atomic E-state index is -0.646. The maximum Gasteiger partial charge on any atom is 0.407 e. The van der Waals surface area contributed by atoms with Crippen LogP contribution < -0.4 is 5.32 Å². The van der Waals surface area contributed by atoms with Crippen molar-refractivity contribution in [3.05, 3.63) is 71.3 Å². The molecule has 0 radical (unpaired) electrons. The number of likely N-dealkylation sites (tertiary alicyclic amines) is 1. The number of amides is 2. The highest BCUT2D eigenvalue weighted by molar-refractivity contribution is 5.94. The lowest BCUT2D eigenvalue weighted by atomic mass is 9.84. The van der Waals surface area contributed by atoms with Gasteiger partial charge in [0.2, 0.25) is 5.91 Å². The predicted molar refractivity (Wildman–Crippen MR) is 104 cm³/mol. The van der Waals surface area contributed by atoms with Crippen molar-refractivity contribution < 1.29 is 23.9 Å². The molecule has 2 heterocycles. The molecule has 1 fully saturated rings. The first kappa shape index (κ1) is 19.0. The Kier molecular flexibility index (Phi) is 5.20. The Morgan fingerprint density at radius 2 is 1.72 bits per heavy atom. The molecule has 2 aliphatic rings. The van der Waals surface area contributed by atoms with Gasteiger partial charge in [-0.3, -0.25) is 4.79 Å². The van der Waals surface area contributed by atoms with E-state index in [-0.39, 0.29) is 25.0 Å². The second kappa shape index (κ2) is 7.95. The highest BCUT2D eigenvalue weighted by Crippen LogP contribution is 2.43. The SMILES string of the molecule is O=C(NCC(=O)N1CCC2(CC1)OC(=O)c1ccccc12)OCc1ccccc1. The van der Waals surface area contributed by atoms with Crippen LogP contribution in [-0.4, -0.2) is 42.5 Å². The van der Waals surface area contributed by atoms with Crippen LogP contribution in [0.4, 0.5) is 4.79 Å². The van der Waals surface area contributed by atoms with Gasteiger partial charge in [-0.15, -0.1) is 0 Å². The number of carbonyl (C=O) groups excluding carboxylic acids is 3. The third-order valence-electron chi connectivity index (χ3n) is 5.45. The van der Waals surface area contributed by atoms with Gasteiger partial charge in [0.15, 0.2) is 0 Å². The van der Waals surface area contributed by atoms with Crippen molar-refractivity contribution in [3.63, 3.8) is 0 Å². The lowest BCUT2D eigenvalue weighted by molar-refractivity contribution is -0.134. The van der Waals surface area contributed by atoms with E-state index >= 15 is 0 Å². The highest BCUT2D eigenvalue weighted by Gasteiger charge is 2.47. The number of esters is 1. The fourth-order valence-electron chi connectivity index (χ4n) is 3.87. The number of nitrogens with zero attached hydrogens (tertiary/aromatic N) is 1. The molecule has 7 nitrogen and oxygen atoms in total. The lowest BCUT2D eigenvalue weighted by Crippen LogP contribution is -2.48. The van der Waals surface area contributed by atoms with E-state index in [1.807, 2.05) is 48.5 Å². The van der Waals surface area contributed by atoms with Crippen LogP contribution >= 0.6 is 0 Å². The van der Waals surface area contributed by atoms with E-state index in [2.05, 4.69) is 5.32 Å². The first-order valence-electron chi connectivity index (χ1n) is 9.63. The molecule has 7 heteroatoms. The summed E-state index contributed by atoms with van der Waals surface area (Å²) in [6.07, 6.45) is 0.453. The molecule has 1 saturated heterocycles. The normalized spacial score (nSPS) is 16.8. The lowest BCUT2D eigenvalue weighted by Gasteiger charge is -2.38. The van der Waals surface area contributed by atoms with Crippen molar-refractivity contribution in [1.82, 2.24) is 10.2 Å². The van der Waals surface area contributed by atoms with Crippen molar-refractivity contribution in [2.24, 2.45) is 0 Å². The number of hydrogen-bond donors (Lipinski definition) is 1. The molecule has 0 aromatic heterocycles. The summed E-state index contributed by atoms with van der Waals surface area (Å²) in [5, 5.41) is 2.50. The van der Waals surface area contributed by atoms with Gasteiger partial charge in [0, 0.05) is 31.5 Å². The van der Waals surface area contributed by atoms with E-state index in [1.165, 1.54) is 0 Å². The Labute approximate surface area is 168 Å². The Balaban J connectivity index is 1.26. The number of ether oxygens (including phenoxy) is 2.